The highest BCUT2D eigenvalue weighted by Crippen LogP contribution is 2.37. The predicted octanol–water partition coefficient (Wildman–Crippen LogP) is 1.57. The molecule has 12 heteroatoms. The van der Waals surface area contributed by atoms with Gasteiger partial charge < -0.3 is 14.2 Å². The normalized spacial score (nSPS) is 25.1. The van der Waals surface area contributed by atoms with E-state index in [1.54, 1.807) is 35.3 Å². The molecule has 0 aliphatic carbocycles. The molecule has 154 valence electrons. The van der Waals surface area contributed by atoms with Crippen LogP contribution in [0.25, 0.3) is 0 Å². The van der Waals surface area contributed by atoms with Gasteiger partial charge in [0.2, 0.25) is 5.16 Å². The second-order valence-electron chi connectivity index (χ2n) is 6.64. The summed E-state index contributed by atoms with van der Waals surface area (Å²) in [5.74, 6) is 0. The van der Waals surface area contributed by atoms with E-state index in [4.69, 9.17) is 14.2 Å². The first-order valence-electron chi connectivity index (χ1n) is 9.26. The van der Waals surface area contributed by atoms with E-state index in [9.17, 15) is 4.79 Å². The van der Waals surface area contributed by atoms with Crippen molar-refractivity contribution >= 4 is 23.5 Å². The summed E-state index contributed by atoms with van der Waals surface area (Å²) in [5, 5.41) is 15.7. The molecule has 0 unspecified atom stereocenters. The topological polar surface area (TPSA) is 126 Å². The number of carbonyl (C=O) groups excluding carboxylic acids is 1. The highest BCUT2D eigenvalue weighted by atomic mass is 32.2. The summed E-state index contributed by atoms with van der Waals surface area (Å²) in [6.45, 7) is 0.574. The van der Waals surface area contributed by atoms with E-state index < -0.39 is 18.3 Å². The maximum Gasteiger partial charge on any atom is 0.412 e. The van der Waals surface area contributed by atoms with E-state index in [-0.39, 0.29) is 18.8 Å². The lowest BCUT2D eigenvalue weighted by Crippen LogP contribution is -2.35. The number of amides is 1. The zero-order valence-corrected chi connectivity index (χ0v) is 16.4. The van der Waals surface area contributed by atoms with Crippen molar-refractivity contribution in [3.63, 3.8) is 0 Å². The summed E-state index contributed by atoms with van der Waals surface area (Å²) in [5.41, 5.74) is 0.654. The molecule has 1 aromatic carbocycles. The molecule has 11 nitrogen and oxygen atoms in total. The third kappa shape index (κ3) is 3.84. The van der Waals surface area contributed by atoms with Gasteiger partial charge in [0.25, 0.3) is 0 Å². The van der Waals surface area contributed by atoms with Crippen LogP contribution in [0.3, 0.4) is 0 Å². The van der Waals surface area contributed by atoms with E-state index in [1.165, 1.54) is 11.8 Å². The van der Waals surface area contributed by atoms with Gasteiger partial charge in [-0.05, 0) is 40.4 Å². The van der Waals surface area contributed by atoms with Crippen LogP contribution in [0.15, 0.2) is 59.1 Å². The average Bonchev–Trinajstić information content (AvgIpc) is 3.47. The van der Waals surface area contributed by atoms with Crippen molar-refractivity contribution in [2.24, 2.45) is 0 Å². The van der Waals surface area contributed by atoms with Gasteiger partial charge in [0, 0.05) is 18.1 Å². The van der Waals surface area contributed by atoms with Gasteiger partial charge >= 0.3 is 6.09 Å². The third-order valence-electron chi connectivity index (χ3n) is 4.76. The average molecular weight is 427 g/mol. The minimum absolute atomic E-state index is 0.237. The van der Waals surface area contributed by atoms with Crippen molar-refractivity contribution in [2.45, 2.75) is 34.7 Å². The second kappa shape index (κ2) is 8.34. The summed E-state index contributed by atoms with van der Waals surface area (Å²) in [7, 11) is 0. The number of nitrogens with one attached hydrogen (secondary N) is 1. The molecule has 4 atom stereocenters. The van der Waals surface area contributed by atoms with Crippen LogP contribution in [0.1, 0.15) is 6.04 Å². The molecule has 0 saturated carbocycles. The Labute approximate surface area is 175 Å². The molecule has 4 heterocycles. The summed E-state index contributed by atoms with van der Waals surface area (Å²) in [6, 6.07) is 10.6. The zero-order valence-electron chi connectivity index (χ0n) is 15.6. The van der Waals surface area contributed by atoms with Gasteiger partial charge in [0.15, 0.2) is 11.3 Å². The summed E-state index contributed by atoms with van der Waals surface area (Å²) in [6.07, 6.45) is 1.50. The number of hydrogen-bond donors (Lipinski definition) is 1. The highest BCUT2D eigenvalue weighted by Gasteiger charge is 2.51. The molecule has 2 aliphatic rings. The number of nitrogens with zero attached hydrogens (tertiary/aromatic N) is 6. The molecule has 30 heavy (non-hydrogen) atoms. The van der Waals surface area contributed by atoms with E-state index in [0.717, 1.165) is 0 Å². The smallest absolute Gasteiger partial charge is 0.412 e. The number of carbonyl (C=O) groups is 1. The first-order valence-corrected chi connectivity index (χ1v) is 10.1. The van der Waals surface area contributed by atoms with Gasteiger partial charge in [-0.2, -0.15) is 0 Å². The highest BCUT2D eigenvalue weighted by molar-refractivity contribution is 7.99. The van der Waals surface area contributed by atoms with Crippen LogP contribution >= 0.6 is 11.8 Å². The van der Waals surface area contributed by atoms with Gasteiger partial charge in [-0.3, -0.25) is 5.32 Å². The number of aromatic nitrogens is 6. The number of tetrazole rings is 1. The van der Waals surface area contributed by atoms with E-state index in [2.05, 4.69) is 30.8 Å². The van der Waals surface area contributed by atoms with Gasteiger partial charge in [0.1, 0.15) is 18.2 Å². The Morgan fingerprint density at radius 3 is 2.73 bits per heavy atom. The van der Waals surface area contributed by atoms with Crippen LogP contribution < -0.4 is 5.32 Å². The number of anilines is 1. The van der Waals surface area contributed by atoms with Crippen molar-refractivity contribution in [1.29, 1.82) is 0 Å². The Morgan fingerprint density at radius 1 is 1.10 bits per heavy atom. The fourth-order valence-corrected chi connectivity index (χ4v) is 4.17. The number of fused-ring (bicyclic) bond motifs is 1. The Morgan fingerprint density at radius 2 is 1.90 bits per heavy atom. The van der Waals surface area contributed by atoms with Crippen LogP contribution in [0.2, 0.25) is 0 Å². The number of para-hydroxylation sites is 1. The van der Waals surface area contributed by atoms with Crippen LogP contribution in [-0.4, -0.2) is 67.8 Å². The number of benzene rings is 1. The number of rotatable bonds is 5. The fourth-order valence-electron chi connectivity index (χ4n) is 3.44. The summed E-state index contributed by atoms with van der Waals surface area (Å²) >= 11 is 1.25. The fraction of sp³-hybridized carbons (Fsp3) is 0.333. The number of hydrogen-bond acceptors (Lipinski definition) is 10. The van der Waals surface area contributed by atoms with Gasteiger partial charge in [0.05, 0.1) is 13.2 Å². The van der Waals surface area contributed by atoms with E-state index in [0.29, 0.717) is 22.6 Å². The second-order valence-corrected chi connectivity index (χ2v) is 7.57. The van der Waals surface area contributed by atoms with E-state index in [1.807, 2.05) is 18.2 Å². The van der Waals surface area contributed by atoms with E-state index >= 15 is 0 Å². The quantitative estimate of drug-likeness (QED) is 0.600. The lowest BCUT2D eigenvalue weighted by Gasteiger charge is -2.17. The van der Waals surface area contributed by atoms with Crippen LogP contribution in [0, 0.1) is 0 Å². The molecular weight excluding hydrogens is 410 g/mol. The molecule has 2 aromatic heterocycles. The van der Waals surface area contributed by atoms with Crippen LogP contribution in [-0.2, 0) is 14.2 Å². The third-order valence-corrected chi connectivity index (χ3v) is 5.61. The van der Waals surface area contributed by atoms with Crippen molar-refractivity contribution in [1.82, 2.24) is 30.2 Å². The molecule has 2 saturated heterocycles. The van der Waals surface area contributed by atoms with Crippen molar-refractivity contribution in [3.05, 3.63) is 48.8 Å². The first kappa shape index (κ1) is 18.9. The number of ether oxygens (including phenoxy) is 3. The molecular formula is C18H17N7O4S. The Hall–Kier alpha value is -3.09. The molecule has 0 bridgehead atoms. The van der Waals surface area contributed by atoms with Crippen LogP contribution in [0.5, 0.6) is 0 Å². The largest absolute Gasteiger partial charge is 0.441 e. The minimum Gasteiger partial charge on any atom is -0.441 e. The minimum atomic E-state index is -0.553. The molecule has 2 aliphatic heterocycles. The lowest BCUT2D eigenvalue weighted by atomic mass is 10.1. The van der Waals surface area contributed by atoms with Crippen LogP contribution in [0.4, 0.5) is 10.5 Å². The van der Waals surface area contributed by atoms with Gasteiger partial charge in [-0.15, -0.1) is 5.10 Å². The Bertz CT molecular complexity index is 1010. The summed E-state index contributed by atoms with van der Waals surface area (Å²) in [4.78, 5) is 20.6. The van der Waals surface area contributed by atoms with Gasteiger partial charge in [-0.25, -0.2) is 19.4 Å². The van der Waals surface area contributed by atoms with Crippen molar-refractivity contribution < 1.29 is 19.0 Å². The molecule has 1 N–H and O–H groups in total. The predicted molar refractivity (Wildman–Crippen MR) is 103 cm³/mol. The monoisotopic (exact) mass is 427 g/mol. The first-order chi connectivity index (χ1) is 14.8. The Kier molecular flexibility index (Phi) is 5.26. The van der Waals surface area contributed by atoms with Gasteiger partial charge in [-0.1, -0.05) is 18.2 Å². The van der Waals surface area contributed by atoms with Crippen molar-refractivity contribution in [2.75, 3.05) is 18.5 Å². The summed E-state index contributed by atoms with van der Waals surface area (Å²) < 4.78 is 19.0. The zero-order chi connectivity index (χ0) is 20.3. The molecule has 3 aromatic rings. The SMILES string of the molecule is O=C(Nc1ccccc1)O[C@@H]1CO[C@H]2[C@@H]1OC[C@@H]2n1nnnc1Sc1ncccn1. The standard InChI is InChI=1S/C18H17N7O4S/c26-18(21-11-5-2-1-3-6-11)29-13-10-28-14-12(9-27-15(13)14)25-17(22-23-24-25)30-16-19-7-4-8-20-16/h1-8,12-15H,9-10H2,(H,21,26)/t12-,13+,14+,15+/m0/s1. The molecule has 0 spiro atoms. The molecule has 5 rings (SSSR count). The lowest BCUT2D eigenvalue weighted by molar-refractivity contribution is 0.00751. The maximum atomic E-state index is 12.2. The van der Waals surface area contributed by atoms with Crippen molar-refractivity contribution in [3.8, 4) is 0 Å². The Balaban J connectivity index is 1.24. The maximum absolute atomic E-state index is 12.2. The molecule has 1 amide bonds. The molecule has 0 radical (unpaired) electrons. The molecule has 2 fully saturated rings.